The zero-order valence-electron chi connectivity index (χ0n) is 13.1. The van der Waals surface area contributed by atoms with Crippen LogP contribution in [0.2, 0.25) is 0 Å². The first-order chi connectivity index (χ1) is 9.74. The van der Waals surface area contributed by atoms with Gasteiger partial charge in [-0.25, -0.2) is 0 Å². The van der Waals surface area contributed by atoms with E-state index in [2.05, 4.69) is 35.5 Å². The van der Waals surface area contributed by atoms with Crippen molar-refractivity contribution in [1.29, 1.82) is 0 Å². The molecule has 1 aromatic rings. The van der Waals surface area contributed by atoms with Gasteiger partial charge in [0.1, 0.15) is 5.75 Å². The molecule has 20 heavy (non-hydrogen) atoms. The third-order valence-corrected chi connectivity index (χ3v) is 4.23. The number of nitrogens with one attached hydrogen (secondary N) is 1. The van der Waals surface area contributed by atoms with Crippen LogP contribution in [0.4, 0.5) is 0 Å². The number of benzene rings is 1. The quantitative estimate of drug-likeness (QED) is 0.789. The molecule has 0 bridgehead atoms. The van der Waals surface area contributed by atoms with Crippen molar-refractivity contribution in [3.8, 4) is 5.75 Å². The van der Waals surface area contributed by atoms with Crippen LogP contribution in [0.15, 0.2) is 24.3 Å². The summed E-state index contributed by atoms with van der Waals surface area (Å²) in [5.74, 6) is 1.92. The maximum Gasteiger partial charge on any atom is 0.124 e. The van der Waals surface area contributed by atoms with Gasteiger partial charge in [0.2, 0.25) is 0 Å². The monoisotopic (exact) mass is 276 g/mol. The Hall–Kier alpha value is -1.06. The zero-order chi connectivity index (χ0) is 14.4. The van der Waals surface area contributed by atoms with Crippen molar-refractivity contribution >= 4 is 0 Å². The Balaban J connectivity index is 1.99. The molecule has 3 heteroatoms. The summed E-state index contributed by atoms with van der Waals surface area (Å²) in [6, 6.07) is 8.69. The molecule has 0 spiro atoms. The fourth-order valence-corrected chi connectivity index (χ4v) is 2.90. The lowest BCUT2D eigenvalue weighted by Gasteiger charge is -2.32. The summed E-state index contributed by atoms with van der Waals surface area (Å²) in [6.07, 6.45) is 4.23. The minimum Gasteiger partial charge on any atom is -0.494 e. The number of hydrogen-bond acceptors (Lipinski definition) is 3. The second kappa shape index (κ2) is 7.65. The number of likely N-dealkylation sites (N-methyl/N-ethyl adjacent to an activating group) is 2. The van der Waals surface area contributed by atoms with E-state index in [1.54, 1.807) is 0 Å². The number of rotatable bonds is 8. The summed E-state index contributed by atoms with van der Waals surface area (Å²) in [4.78, 5) is 2.45. The van der Waals surface area contributed by atoms with Crippen LogP contribution < -0.4 is 10.1 Å². The first-order valence-corrected chi connectivity index (χ1v) is 7.82. The minimum atomic E-state index is 0.322. The summed E-state index contributed by atoms with van der Waals surface area (Å²) < 4.78 is 5.76. The van der Waals surface area contributed by atoms with Crippen LogP contribution >= 0.6 is 0 Å². The topological polar surface area (TPSA) is 24.5 Å². The normalized spacial score (nSPS) is 17.0. The molecule has 1 aliphatic carbocycles. The highest BCUT2D eigenvalue weighted by atomic mass is 16.5. The Morgan fingerprint density at radius 1 is 1.35 bits per heavy atom. The van der Waals surface area contributed by atoms with Crippen molar-refractivity contribution in [3.63, 3.8) is 0 Å². The molecule has 0 heterocycles. The highest BCUT2D eigenvalue weighted by Crippen LogP contribution is 2.29. The van der Waals surface area contributed by atoms with Gasteiger partial charge in [-0.2, -0.15) is 0 Å². The third-order valence-electron chi connectivity index (χ3n) is 4.23. The molecule has 1 N–H and O–H groups in total. The molecule has 112 valence electrons. The molecule has 0 radical (unpaired) electrons. The SMILES string of the molecule is CCOc1ccccc1C(CN(C)CC1CCC1)NC. The Kier molecular flexibility index (Phi) is 5.86. The van der Waals surface area contributed by atoms with E-state index in [-0.39, 0.29) is 0 Å². The second-order valence-electron chi connectivity index (χ2n) is 5.83. The summed E-state index contributed by atoms with van der Waals surface area (Å²) in [5.41, 5.74) is 1.26. The molecule has 0 aromatic heterocycles. The molecule has 0 amide bonds. The van der Waals surface area contributed by atoms with Gasteiger partial charge in [0.05, 0.1) is 6.61 Å². The van der Waals surface area contributed by atoms with Gasteiger partial charge in [-0.1, -0.05) is 24.6 Å². The molecular weight excluding hydrogens is 248 g/mol. The minimum absolute atomic E-state index is 0.322. The molecule has 1 saturated carbocycles. The van der Waals surface area contributed by atoms with Gasteiger partial charge in [0.25, 0.3) is 0 Å². The summed E-state index contributed by atoms with van der Waals surface area (Å²) in [7, 11) is 4.26. The van der Waals surface area contributed by atoms with Crippen molar-refractivity contribution in [3.05, 3.63) is 29.8 Å². The molecule has 0 aliphatic heterocycles. The Bertz CT molecular complexity index is 404. The van der Waals surface area contributed by atoms with Crippen LogP contribution in [-0.4, -0.2) is 38.7 Å². The summed E-state index contributed by atoms with van der Waals surface area (Å²) in [6.45, 7) is 4.99. The van der Waals surface area contributed by atoms with Crippen LogP contribution in [0.5, 0.6) is 5.75 Å². The van der Waals surface area contributed by atoms with Gasteiger partial charge >= 0.3 is 0 Å². The van der Waals surface area contributed by atoms with Crippen LogP contribution in [0.3, 0.4) is 0 Å². The number of hydrogen-bond donors (Lipinski definition) is 1. The van der Waals surface area contributed by atoms with E-state index < -0.39 is 0 Å². The zero-order valence-corrected chi connectivity index (χ0v) is 13.1. The van der Waals surface area contributed by atoms with Gasteiger partial charge in [-0.15, -0.1) is 0 Å². The van der Waals surface area contributed by atoms with Crippen molar-refractivity contribution in [2.75, 3.05) is 33.8 Å². The van der Waals surface area contributed by atoms with E-state index in [0.717, 1.165) is 18.2 Å². The van der Waals surface area contributed by atoms with E-state index in [1.807, 2.05) is 20.0 Å². The Labute approximate surface area is 123 Å². The van der Waals surface area contributed by atoms with Gasteiger partial charge in [-0.3, -0.25) is 0 Å². The highest BCUT2D eigenvalue weighted by molar-refractivity contribution is 5.36. The van der Waals surface area contributed by atoms with E-state index in [4.69, 9.17) is 4.74 Å². The van der Waals surface area contributed by atoms with Crippen molar-refractivity contribution in [2.45, 2.75) is 32.2 Å². The number of nitrogens with zero attached hydrogens (tertiary/aromatic N) is 1. The standard InChI is InChI=1S/C17H28N2O/c1-4-20-17-11-6-5-10-15(17)16(18-2)13-19(3)12-14-8-7-9-14/h5-6,10-11,14,16,18H,4,7-9,12-13H2,1-3H3. The molecular formula is C17H28N2O. The number of para-hydroxylation sites is 1. The molecule has 0 saturated heterocycles. The van der Waals surface area contributed by atoms with Crippen molar-refractivity contribution in [1.82, 2.24) is 10.2 Å². The predicted octanol–water partition coefficient (Wildman–Crippen LogP) is 3.08. The average molecular weight is 276 g/mol. The lowest BCUT2D eigenvalue weighted by molar-refractivity contribution is 0.192. The van der Waals surface area contributed by atoms with E-state index in [0.29, 0.717) is 12.6 Å². The van der Waals surface area contributed by atoms with E-state index >= 15 is 0 Å². The van der Waals surface area contributed by atoms with Gasteiger partial charge in [0.15, 0.2) is 0 Å². The lowest BCUT2D eigenvalue weighted by Crippen LogP contribution is -2.36. The predicted molar refractivity (Wildman–Crippen MR) is 84.2 cm³/mol. The lowest BCUT2D eigenvalue weighted by atomic mass is 9.85. The maximum absolute atomic E-state index is 5.76. The van der Waals surface area contributed by atoms with Crippen LogP contribution in [-0.2, 0) is 0 Å². The maximum atomic E-state index is 5.76. The average Bonchev–Trinajstić information content (AvgIpc) is 2.41. The molecule has 1 unspecified atom stereocenters. The third kappa shape index (κ3) is 3.97. The van der Waals surface area contributed by atoms with Crippen LogP contribution in [0.1, 0.15) is 37.8 Å². The molecule has 2 rings (SSSR count). The molecule has 1 fully saturated rings. The van der Waals surface area contributed by atoms with Gasteiger partial charge < -0.3 is 15.0 Å². The van der Waals surface area contributed by atoms with E-state index in [9.17, 15) is 0 Å². The van der Waals surface area contributed by atoms with E-state index in [1.165, 1.54) is 31.4 Å². The molecule has 1 aromatic carbocycles. The Morgan fingerprint density at radius 3 is 2.70 bits per heavy atom. The molecule has 1 atom stereocenters. The fraction of sp³-hybridized carbons (Fsp3) is 0.647. The van der Waals surface area contributed by atoms with Crippen LogP contribution in [0.25, 0.3) is 0 Å². The van der Waals surface area contributed by atoms with Crippen molar-refractivity contribution < 1.29 is 4.74 Å². The molecule has 3 nitrogen and oxygen atoms in total. The number of ether oxygens (including phenoxy) is 1. The largest absolute Gasteiger partial charge is 0.494 e. The van der Waals surface area contributed by atoms with Gasteiger partial charge in [0, 0.05) is 24.7 Å². The first-order valence-electron chi connectivity index (χ1n) is 7.82. The Morgan fingerprint density at radius 2 is 2.10 bits per heavy atom. The summed E-state index contributed by atoms with van der Waals surface area (Å²) >= 11 is 0. The second-order valence-corrected chi connectivity index (χ2v) is 5.83. The summed E-state index contributed by atoms with van der Waals surface area (Å²) in [5, 5.41) is 3.44. The van der Waals surface area contributed by atoms with Crippen molar-refractivity contribution in [2.24, 2.45) is 5.92 Å². The molecule has 1 aliphatic rings. The van der Waals surface area contributed by atoms with Crippen LogP contribution in [0, 0.1) is 5.92 Å². The van der Waals surface area contributed by atoms with Gasteiger partial charge in [-0.05, 0) is 45.8 Å². The fourth-order valence-electron chi connectivity index (χ4n) is 2.90. The first kappa shape index (κ1) is 15.3. The highest BCUT2D eigenvalue weighted by Gasteiger charge is 2.21. The smallest absolute Gasteiger partial charge is 0.124 e.